The Morgan fingerprint density at radius 1 is 0.542 bits per heavy atom. The molecular formula is C65H58F2N4O. The van der Waals surface area contributed by atoms with Gasteiger partial charge in [-0.2, -0.15) is 0 Å². The number of anilines is 4. The van der Waals surface area contributed by atoms with Gasteiger partial charge in [0.15, 0.2) is 0 Å². The number of pyridine rings is 1. The van der Waals surface area contributed by atoms with Crippen LogP contribution in [-0.2, 0) is 0 Å². The van der Waals surface area contributed by atoms with E-state index in [9.17, 15) is 4.39 Å². The third-order valence-corrected chi connectivity index (χ3v) is 14.0. The van der Waals surface area contributed by atoms with Gasteiger partial charge in [0.2, 0.25) is 0 Å². The molecule has 72 heavy (non-hydrogen) atoms. The maximum atomic E-state index is 15.6. The fraction of sp³-hybridized carbons (Fsp3) is 0.185. The first-order valence-corrected chi connectivity index (χ1v) is 24.6. The zero-order valence-electron chi connectivity index (χ0n) is 47.1. The second kappa shape index (κ2) is 18.6. The number of ether oxygens (including phenoxy) is 1. The number of nitrogens with zero attached hydrogens (tertiary/aromatic N) is 4. The molecule has 7 heteroatoms. The Bertz CT molecular complexity index is 3860. The highest BCUT2D eigenvalue weighted by atomic mass is 19.1. The smallest absolute Gasteiger partial charge is 0.137 e. The second-order valence-corrected chi connectivity index (χ2v) is 19.7. The Kier molecular flexibility index (Phi) is 10.3. The van der Waals surface area contributed by atoms with E-state index in [4.69, 9.17) is 17.9 Å². The molecule has 8 aromatic carbocycles. The van der Waals surface area contributed by atoms with Gasteiger partial charge in [0, 0.05) is 60.3 Å². The average molecular weight is 955 g/mol. The van der Waals surface area contributed by atoms with Crippen LogP contribution in [0.25, 0.3) is 61.0 Å². The first-order valence-electron chi connectivity index (χ1n) is 27.6. The minimum atomic E-state index is -2.74. The molecule has 358 valence electrons. The highest BCUT2D eigenvalue weighted by molar-refractivity contribution is 6.09. The van der Waals surface area contributed by atoms with E-state index in [-0.39, 0.29) is 41.1 Å². The van der Waals surface area contributed by atoms with E-state index >= 15 is 4.39 Å². The Morgan fingerprint density at radius 2 is 1.26 bits per heavy atom. The third-order valence-electron chi connectivity index (χ3n) is 14.0. The van der Waals surface area contributed by atoms with Crippen molar-refractivity contribution in [1.29, 1.82) is 0 Å². The molecule has 0 amide bonds. The van der Waals surface area contributed by atoms with E-state index in [1.54, 1.807) is 24.4 Å². The van der Waals surface area contributed by atoms with Gasteiger partial charge >= 0.3 is 0 Å². The van der Waals surface area contributed by atoms with E-state index in [1.165, 1.54) is 12.1 Å². The molecule has 10 aromatic rings. The normalized spacial score (nSPS) is 14.2. The van der Waals surface area contributed by atoms with Gasteiger partial charge in [-0.1, -0.05) is 114 Å². The molecule has 0 saturated carbocycles. The number of aryl methyl sites for hydroxylation is 2. The summed E-state index contributed by atoms with van der Waals surface area (Å²) in [6.07, 6.45) is 1.76. The van der Waals surface area contributed by atoms with Crippen molar-refractivity contribution in [3.8, 4) is 50.7 Å². The van der Waals surface area contributed by atoms with Crippen molar-refractivity contribution in [1.82, 2.24) is 9.55 Å². The molecule has 0 unspecified atom stereocenters. The molecule has 1 aliphatic rings. The predicted molar refractivity (Wildman–Crippen MR) is 295 cm³/mol. The highest BCUT2D eigenvalue weighted by Crippen LogP contribution is 2.52. The fourth-order valence-corrected chi connectivity index (χ4v) is 10.4. The molecule has 5 nitrogen and oxygen atoms in total. The van der Waals surface area contributed by atoms with Crippen molar-refractivity contribution >= 4 is 44.6 Å². The van der Waals surface area contributed by atoms with Gasteiger partial charge in [0.25, 0.3) is 0 Å². The molecule has 11 rings (SSSR count). The van der Waals surface area contributed by atoms with Crippen molar-refractivity contribution in [2.24, 2.45) is 0 Å². The van der Waals surface area contributed by atoms with Gasteiger partial charge in [-0.3, -0.25) is 4.57 Å². The first kappa shape index (κ1) is 39.7. The molecule has 0 saturated heterocycles. The van der Waals surface area contributed by atoms with Crippen LogP contribution >= 0.6 is 0 Å². The zero-order chi connectivity index (χ0) is 54.9. The monoisotopic (exact) mass is 954 g/mol. The van der Waals surface area contributed by atoms with Crippen LogP contribution in [0.2, 0.25) is 0 Å². The number of benzene rings is 8. The van der Waals surface area contributed by atoms with Gasteiger partial charge in [-0.05, 0) is 166 Å². The number of fused-ring (bicyclic) bond motifs is 4. The van der Waals surface area contributed by atoms with Crippen LogP contribution in [-0.4, -0.2) is 16.2 Å². The molecule has 0 fully saturated rings. The number of aromatic nitrogens is 2. The fourth-order valence-electron chi connectivity index (χ4n) is 10.4. The highest BCUT2D eigenvalue weighted by Gasteiger charge is 2.34. The van der Waals surface area contributed by atoms with Gasteiger partial charge in [0.1, 0.15) is 35.6 Å². The quantitative estimate of drug-likeness (QED) is 0.129. The van der Waals surface area contributed by atoms with Crippen molar-refractivity contribution in [3.05, 3.63) is 216 Å². The minimum Gasteiger partial charge on any atom is -0.457 e. The molecule has 1 aliphatic heterocycles. The average Bonchev–Trinajstić information content (AvgIpc) is 4.10. The second-order valence-electron chi connectivity index (χ2n) is 19.7. The summed E-state index contributed by atoms with van der Waals surface area (Å²) in [7, 11) is 0. The predicted octanol–water partition coefficient (Wildman–Crippen LogP) is 18.5. The lowest BCUT2D eigenvalue weighted by atomic mass is 9.87. The summed E-state index contributed by atoms with van der Waals surface area (Å²) < 4.78 is 93.1. The first-order chi connectivity index (χ1) is 37.2. The van der Waals surface area contributed by atoms with Crippen LogP contribution in [0.15, 0.2) is 176 Å². The van der Waals surface area contributed by atoms with Crippen molar-refractivity contribution < 1.29 is 21.7 Å². The van der Waals surface area contributed by atoms with Crippen LogP contribution in [0.5, 0.6) is 11.5 Å². The maximum absolute atomic E-state index is 15.6. The van der Waals surface area contributed by atoms with E-state index in [0.717, 1.165) is 67.4 Å². The molecule has 2 aromatic heterocycles. The molecule has 0 atom stereocenters. The molecule has 0 aliphatic carbocycles. The number of rotatable bonds is 11. The lowest BCUT2D eigenvalue weighted by molar-refractivity contribution is 0.483. The van der Waals surface area contributed by atoms with Crippen LogP contribution in [0.1, 0.15) is 95.3 Å². The number of halogens is 2. The summed E-state index contributed by atoms with van der Waals surface area (Å²) in [4.78, 5) is 9.18. The standard InChI is InChI=1S/C65H58F2N4O/c1-39(2)45-21-26-60-62(34-45)70(65-56(40(3)4)32-47(33-57(65)41(5)6)53-24-22-49(66)35-58(53)67)38-69(60)50-30-48(64-42(7)28-46(29-43(64)8)44-16-10-9-11-17-44)31-52(36-50)72-51-23-25-55-54-18-12-13-19-59(54)71(61(55)37-51)63-20-14-15-27-68-63/h9-37,39-41H,38H2,1-8H3/i7D3,8D3. The number of hydrogen-bond donors (Lipinski definition) is 0. The summed E-state index contributed by atoms with van der Waals surface area (Å²) in [5, 5.41) is 2.03. The Labute approximate surface area is 430 Å². The molecular weight excluding hydrogens is 891 g/mol. The summed E-state index contributed by atoms with van der Waals surface area (Å²) in [5.74, 6) is 0.399. The summed E-state index contributed by atoms with van der Waals surface area (Å²) in [6, 6.07) is 51.9. The van der Waals surface area contributed by atoms with Crippen LogP contribution in [0.4, 0.5) is 31.5 Å². The topological polar surface area (TPSA) is 33.5 Å². The van der Waals surface area contributed by atoms with Crippen LogP contribution < -0.4 is 14.5 Å². The largest absolute Gasteiger partial charge is 0.457 e. The molecule has 3 heterocycles. The van der Waals surface area contributed by atoms with E-state index < -0.39 is 25.3 Å². The van der Waals surface area contributed by atoms with Gasteiger partial charge in [-0.15, -0.1) is 0 Å². The van der Waals surface area contributed by atoms with E-state index in [1.807, 2.05) is 103 Å². The Morgan fingerprint density at radius 3 is 1.96 bits per heavy atom. The molecule has 0 radical (unpaired) electrons. The summed E-state index contributed by atoms with van der Waals surface area (Å²) >= 11 is 0. The third kappa shape index (κ3) is 8.36. The van der Waals surface area contributed by atoms with Crippen LogP contribution in [0.3, 0.4) is 0 Å². The molecule has 0 bridgehead atoms. The maximum Gasteiger partial charge on any atom is 0.137 e. The lowest BCUT2D eigenvalue weighted by Gasteiger charge is -2.30. The van der Waals surface area contributed by atoms with E-state index in [2.05, 4.69) is 86.2 Å². The van der Waals surface area contributed by atoms with E-state index in [0.29, 0.717) is 45.0 Å². The summed E-state index contributed by atoms with van der Waals surface area (Å²) in [5.41, 5.74) is 10.6. The van der Waals surface area contributed by atoms with Crippen molar-refractivity contribution in [2.45, 2.75) is 73.0 Å². The van der Waals surface area contributed by atoms with Gasteiger partial charge in [0.05, 0.1) is 22.4 Å². The van der Waals surface area contributed by atoms with Crippen LogP contribution in [0, 0.1) is 25.3 Å². The van der Waals surface area contributed by atoms with Gasteiger partial charge < -0.3 is 14.5 Å². The SMILES string of the molecule is [2H]C([2H])([2H])c1cc(-c2ccccc2)cc(C([2H])([2H])[2H])c1-c1cc(Oc2ccc3c4ccccc4n(-c4ccccn4)c3c2)cc(N2CN(c3c(C(C)C)cc(-c4ccc(F)cc4F)cc3C(C)C)c3cc(C(C)C)ccc32)c1. The Hall–Kier alpha value is -8.03. The minimum absolute atomic E-state index is 0.0285. The number of hydrogen-bond acceptors (Lipinski definition) is 4. The Balaban J connectivity index is 1.15. The molecule has 0 spiro atoms. The van der Waals surface area contributed by atoms with Crippen molar-refractivity contribution in [2.75, 3.05) is 16.5 Å². The lowest BCUT2D eigenvalue weighted by Crippen LogP contribution is -2.26. The molecule has 0 N–H and O–H groups in total. The van der Waals surface area contributed by atoms with Gasteiger partial charge in [-0.25, -0.2) is 13.8 Å². The summed E-state index contributed by atoms with van der Waals surface area (Å²) in [6.45, 7) is 7.55. The van der Waals surface area contributed by atoms with Crippen molar-refractivity contribution in [3.63, 3.8) is 0 Å². The number of para-hydroxylation sites is 1. The zero-order valence-corrected chi connectivity index (χ0v) is 41.1.